The fourth-order valence-electron chi connectivity index (χ4n) is 2.28. The molecule has 4 nitrogen and oxygen atoms in total. The van der Waals surface area contributed by atoms with Gasteiger partial charge in [0.15, 0.2) is 0 Å². The molecule has 0 aliphatic carbocycles. The molecule has 0 aliphatic rings. The number of aryl methyl sites for hydroxylation is 2. The second kappa shape index (κ2) is 9.11. The number of ether oxygens (including phenoxy) is 2. The predicted octanol–water partition coefficient (Wildman–Crippen LogP) is 5.53. The molecule has 0 spiro atoms. The van der Waals surface area contributed by atoms with E-state index in [1.54, 1.807) is 19.2 Å². The minimum atomic E-state index is -0.0911. The zero-order valence-electron chi connectivity index (χ0n) is 14.5. The first-order valence-electron chi connectivity index (χ1n) is 7.93. The van der Waals surface area contributed by atoms with E-state index < -0.39 is 0 Å². The molecular weight excluding hydrogens is 406 g/mol. The molecule has 0 saturated heterocycles. The summed E-state index contributed by atoms with van der Waals surface area (Å²) in [6.07, 6.45) is 0.968. The van der Waals surface area contributed by atoms with Gasteiger partial charge in [0.25, 0.3) is 0 Å². The van der Waals surface area contributed by atoms with Crippen LogP contribution in [0, 0.1) is 13.8 Å². The molecule has 0 saturated carbocycles. The summed E-state index contributed by atoms with van der Waals surface area (Å²) in [7, 11) is 1.55. The first-order chi connectivity index (χ1) is 11.9. The zero-order chi connectivity index (χ0) is 18.4. The maximum absolute atomic E-state index is 12.1. The summed E-state index contributed by atoms with van der Waals surface area (Å²) in [5.41, 5.74) is 2.66. The quantitative estimate of drug-likeness (QED) is 0.593. The molecule has 2 rings (SSSR count). The van der Waals surface area contributed by atoms with Crippen LogP contribution in [0.2, 0.25) is 5.02 Å². The van der Waals surface area contributed by atoms with Crippen LogP contribution < -0.4 is 14.8 Å². The molecule has 1 amide bonds. The lowest BCUT2D eigenvalue weighted by Crippen LogP contribution is -2.13. The van der Waals surface area contributed by atoms with E-state index in [1.165, 1.54) is 0 Å². The maximum Gasteiger partial charge on any atom is 0.224 e. The first-order valence-corrected chi connectivity index (χ1v) is 9.10. The zero-order valence-corrected chi connectivity index (χ0v) is 16.8. The van der Waals surface area contributed by atoms with Crippen molar-refractivity contribution in [3.8, 4) is 11.5 Å². The predicted molar refractivity (Wildman–Crippen MR) is 105 cm³/mol. The molecule has 2 aromatic carbocycles. The number of anilines is 1. The van der Waals surface area contributed by atoms with Crippen LogP contribution >= 0.6 is 27.5 Å². The van der Waals surface area contributed by atoms with Gasteiger partial charge >= 0.3 is 0 Å². The summed E-state index contributed by atoms with van der Waals surface area (Å²) in [5.74, 6) is 1.23. The highest BCUT2D eigenvalue weighted by molar-refractivity contribution is 9.10. The molecule has 0 bridgehead atoms. The van der Waals surface area contributed by atoms with Crippen LogP contribution in [0.3, 0.4) is 0 Å². The van der Waals surface area contributed by atoms with Gasteiger partial charge in [-0.2, -0.15) is 0 Å². The fraction of sp³-hybridized carbons (Fsp3) is 0.316. The Labute approximate surface area is 161 Å². The van der Waals surface area contributed by atoms with Gasteiger partial charge in [0, 0.05) is 17.5 Å². The van der Waals surface area contributed by atoms with Crippen molar-refractivity contribution in [2.24, 2.45) is 0 Å². The van der Waals surface area contributed by atoms with Gasteiger partial charge in [-0.25, -0.2) is 0 Å². The SMILES string of the molecule is COc1cc(Cl)c(C)cc1NC(=O)CCCOc1ccc(C)cc1Br. The average molecular weight is 427 g/mol. The van der Waals surface area contributed by atoms with Gasteiger partial charge in [0.2, 0.25) is 5.91 Å². The van der Waals surface area contributed by atoms with E-state index in [9.17, 15) is 4.79 Å². The van der Waals surface area contributed by atoms with Crippen molar-refractivity contribution in [3.63, 3.8) is 0 Å². The topological polar surface area (TPSA) is 47.6 Å². The van der Waals surface area contributed by atoms with E-state index in [-0.39, 0.29) is 5.91 Å². The Bertz CT molecular complexity index is 765. The number of rotatable bonds is 7. The third-order valence-electron chi connectivity index (χ3n) is 3.65. The molecule has 2 aromatic rings. The Hall–Kier alpha value is -1.72. The van der Waals surface area contributed by atoms with Crippen LogP contribution in [0.4, 0.5) is 5.69 Å². The third kappa shape index (κ3) is 5.65. The number of nitrogens with one attached hydrogen (secondary N) is 1. The number of amides is 1. The van der Waals surface area contributed by atoms with Gasteiger partial charge in [-0.05, 0) is 65.5 Å². The summed E-state index contributed by atoms with van der Waals surface area (Å²) < 4.78 is 11.9. The largest absolute Gasteiger partial charge is 0.495 e. The number of halogens is 2. The van der Waals surface area contributed by atoms with Crippen LogP contribution in [0.5, 0.6) is 11.5 Å². The number of benzene rings is 2. The Morgan fingerprint density at radius 1 is 1.20 bits per heavy atom. The minimum Gasteiger partial charge on any atom is -0.495 e. The molecule has 0 unspecified atom stereocenters. The summed E-state index contributed by atoms with van der Waals surface area (Å²) >= 11 is 9.54. The molecular formula is C19H21BrClNO3. The smallest absolute Gasteiger partial charge is 0.224 e. The monoisotopic (exact) mass is 425 g/mol. The molecule has 0 atom stereocenters. The Morgan fingerprint density at radius 2 is 1.96 bits per heavy atom. The van der Waals surface area contributed by atoms with Crippen molar-refractivity contribution in [1.29, 1.82) is 0 Å². The summed E-state index contributed by atoms with van der Waals surface area (Å²) in [4.78, 5) is 12.1. The average Bonchev–Trinajstić information content (AvgIpc) is 2.56. The van der Waals surface area contributed by atoms with Crippen molar-refractivity contribution < 1.29 is 14.3 Å². The van der Waals surface area contributed by atoms with E-state index in [0.717, 1.165) is 21.3 Å². The highest BCUT2D eigenvalue weighted by Gasteiger charge is 2.10. The van der Waals surface area contributed by atoms with Gasteiger partial charge in [0.05, 0.1) is 23.9 Å². The number of methoxy groups -OCH3 is 1. The Morgan fingerprint density at radius 3 is 2.64 bits per heavy atom. The number of carbonyl (C=O) groups is 1. The minimum absolute atomic E-state index is 0.0911. The van der Waals surface area contributed by atoms with Crippen LogP contribution in [0.25, 0.3) is 0 Å². The fourth-order valence-corrected chi connectivity index (χ4v) is 3.04. The standard InChI is InChI=1S/C19H21BrClNO3/c1-12-6-7-17(14(20)9-12)25-8-4-5-19(23)22-16-10-13(2)15(21)11-18(16)24-3/h6-7,9-11H,4-5,8H2,1-3H3,(H,22,23). The second-order valence-corrected chi connectivity index (χ2v) is 7.00. The first kappa shape index (κ1) is 19.6. The van der Waals surface area contributed by atoms with Crippen LogP contribution in [0.15, 0.2) is 34.8 Å². The second-order valence-electron chi connectivity index (χ2n) is 5.74. The van der Waals surface area contributed by atoms with Gasteiger partial charge < -0.3 is 14.8 Å². The van der Waals surface area contributed by atoms with Crippen molar-refractivity contribution in [2.75, 3.05) is 19.0 Å². The number of hydrogen-bond donors (Lipinski definition) is 1. The van der Waals surface area contributed by atoms with Crippen LogP contribution in [-0.2, 0) is 4.79 Å². The summed E-state index contributed by atoms with van der Waals surface area (Å²) in [6, 6.07) is 9.41. The molecule has 0 aromatic heterocycles. The molecule has 0 fully saturated rings. The molecule has 0 aliphatic heterocycles. The third-order valence-corrected chi connectivity index (χ3v) is 4.67. The van der Waals surface area contributed by atoms with Crippen molar-refractivity contribution in [1.82, 2.24) is 0 Å². The molecule has 1 N–H and O–H groups in total. The van der Waals surface area contributed by atoms with E-state index in [4.69, 9.17) is 21.1 Å². The van der Waals surface area contributed by atoms with Gasteiger partial charge in [-0.3, -0.25) is 4.79 Å². The van der Waals surface area contributed by atoms with Crippen molar-refractivity contribution in [2.45, 2.75) is 26.7 Å². The highest BCUT2D eigenvalue weighted by Crippen LogP contribution is 2.31. The van der Waals surface area contributed by atoms with E-state index >= 15 is 0 Å². The molecule has 0 heterocycles. The van der Waals surface area contributed by atoms with Crippen LogP contribution in [0.1, 0.15) is 24.0 Å². The highest BCUT2D eigenvalue weighted by atomic mass is 79.9. The lowest BCUT2D eigenvalue weighted by atomic mass is 10.2. The van der Waals surface area contributed by atoms with Crippen molar-refractivity contribution in [3.05, 3.63) is 51.0 Å². The Kier molecular flexibility index (Phi) is 7.14. The molecule has 25 heavy (non-hydrogen) atoms. The van der Waals surface area contributed by atoms with E-state index in [1.807, 2.05) is 32.0 Å². The maximum atomic E-state index is 12.1. The summed E-state index contributed by atoms with van der Waals surface area (Å²) in [6.45, 7) is 4.36. The molecule has 6 heteroatoms. The molecule has 134 valence electrons. The Balaban J connectivity index is 1.84. The van der Waals surface area contributed by atoms with E-state index in [2.05, 4.69) is 21.2 Å². The number of carbonyl (C=O) groups excluding carboxylic acids is 1. The number of hydrogen-bond acceptors (Lipinski definition) is 3. The van der Waals surface area contributed by atoms with Gasteiger partial charge in [-0.1, -0.05) is 17.7 Å². The molecule has 0 radical (unpaired) electrons. The lowest BCUT2D eigenvalue weighted by Gasteiger charge is -2.12. The summed E-state index contributed by atoms with van der Waals surface area (Å²) in [5, 5.41) is 3.46. The van der Waals surface area contributed by atoms with E-state index in [0.29, 0.717) is 35.9 Å². The lowest BCUT2D eigenvalue weighted by molar-refractivity contribution is -0.116. The van der Waals surface area contributed by atoms with Crippen molar-refractivity contribution >= 4 is 39.1 Å². The van der Waals surface area contributed by atoms with Crippen LogP contribution in [-0.4, -0.2) is 19.6 Å². The normalized spacial score (nSPS) is 10.4. The van der Waals surface area contributed by atoms with Gasteiger partial charge in [0.1, 0.15) is 11.5 Å². The van der Waals surface area contributed by atoms with Gasteiger partial charge in [-0.15, -0.1) is 0 Å².